The lowest BCUT2D eigenvalue weighted by Crippen LogP contribution is -2.48. The zero-order chi connectivity index (χ0) is 12.6. The summed E-state index contributed by atoms with van der Waals surface area (Å²) in [4.78, 5) is 11.5. The van der Waals surface area contributed by atoms with Gasteiger partial charge in [-0.3, -0.25) is 5.32 Å². The molecule has 5 heteroatoms. The Morgan fingerprint density at radius 1 is 1.59 bits per heavy atom. The molecule has 0 amide bonds. The highest BCUT2D eigenvalue weighted by atomic mass is 79.9. The molecule has 1 fully saturated rings. The summed E-state index contributed by atoms with van der Waals surface area (Å²) in [7, 11) is 0. The lowest BCUT2D eigenvalue weighted by Gasteiger charge is -2.28. The summed E-state index contributed by atoms with van der Waals surface area (Å²) in [6, 6.07) is 5.55. The summed E-state index contributed by atoms with van der Waals surface area (Å²) in [5.74, 6) is -0.909. The van der Waals surface area contributed by atoms with Gasteiger partial charge in [0.05, 0.1) is 0 Å². The Bertz CT molecular complexity index is 462. The van der Waals surface area contributed by atoms with Crippen molar-refractivity contribution in [2.24, 2.45) is 0 Å². The van der Waals surface area contributed by atoms with Gasteiger partial charge in [0.25, 0.3) is 0 Å². The van der Waals surface area contributed by atoms with Crippen molar-refractivity contribution in [2.45, 2.75) is 31.3 Å². The van der Waals surface area contributed by atoms with Crippen molar-refractivity contribution >= 4 is 33.5 Å². The van der Waals surface area contributed by atoms with E-state index in [1.165, 1.54) is 0 Å². The van der Waals surface area contributed by atoms with Crippen LogP contribution in [0.5, 0.6) is 0 Å². The predicted octanol–water partition coefficient (Wildman–Crippen LogP) is 3.15. The maximum atomic E-state index is 11.5. The Balaban J connectivity index is 2.40. The third-order valence-electron chi connectivity index (χ3n) is 2.97. The van der Waals surface area contributed by atoms with Crippen molar-refractivity contribution in [1.82, 2.24) is 5.32 Å². The number of carbonyl (C=O) groups is 1. The first kappa shape index (κ1) is 12.9. The van der Waals surface area contributed by atoms with E-state index in [1.807, 2.05) is 0 Å². The molecule has 1 aliphatic rings. The third kappa shape index (κ3) is 2.64. The van der Waals surface area contributed by atoms with E-state index in [-0.39, 0.29) is 6.04 Å². The lowest BCUT2D eigenvalue weighted by atomic mass is 9.92. The van der Waals surface area contributed by atoms with Crippen LogP contribution in [0.25, 0.3) is 0 Å². The van der Waals surface area contributed by atoms with Crippen molar-refractivity contribution in [2.75, 3.05) is 0 Å². The maximum absolute atomic E-state index is 11.5. The Morgan fingerprint density at radius 2 is 2.24 bits per heavy atom. The molecular weight excluding hydrogens is 305 g/mol. The van der Waals surface area contributed by atoms with E-state index in [1.54, 1.807) is 25.1 Å². The fraction of sp³-hybridized carbons (Fsp3) is 0.417. The van der Waals surface area contributed by atoms with E-state index >= 15 is 0 Å². The lowest BCUT2D eigenvalue weighted by molar-refractivity contribution is -0.144. The molecule has 3 nitrogen and oxygen atoms in total. The first-order valence-corrected chi connectivity index (χ1v) is 6.57. The normalized spacial score (nSPS) is 18.8. The largest absolute Gasteiger partial charge is 0.480 e. The summed E-state index contributed by atoms with van der Waals surface area (Å²) in [6.07, 6.45) is 2.05. The van der Waals surface area contributed by atoms with Crippen molar-refractivity contribution < 1.29 is 9.90 Å². The van der Waals surface area contributed by atoms with Gasteiger partial charge in [-0.15, -0.1) is 0 Å². The molecule has 0 aromatic heterocycles. The minimum absolute atomic E-state index is 0.288. The minimum Gasteiger partial charge on any atom is -0.480 e. The molecule has 1 saturated carbocycles. The van der Waals surface area contributed by atoms with Gasteiger partial charge in [-0.25, -0.2) is 4.79 Å². The summed E-state index contributed by atoms with van der Waals surface area (Å²) >= 11 is 9.44. The van der Waals surface area contributed by atoms with Crippen LogP contribution in [0.4, 0.5) is 0 Å². The van der Waals surface area contributed by atoms with Crippen LogP contribution in [0.15, 0.2) is 22.7 Å². The number of carboxylic acid groups (broad SMARTS) is 1. The molecule has 0 bridgehead atoms. The van der Waals surface area contributed by atoms with Crippen LogP contribution < -0.4 is 5.32 Å². The van der Waals surface area contributed by atoms with Gasteiger partial charge in [0.1, 0.15) is 5.54 Å². The van der Waals surface area contributed by atoms with Gasteiger partial charge in [-0.1, -0.05) is 33.6 Å². The zero-order valence-electron chi connectivity index (χ0n) is 9.34. The second-order valence-corrected chi connectivity index (χ2v) is 5.80. The first-order chi connectivity index (χ1) is 7.93. The third-order valence-corrected chi connectivity index (χ3v) is 3.77. The van der Waals surface area contributed by atoms with Crippen LogP contribution in [-0.2, 0) is 10.3 Å². The standard InChI is InChI=1S/C12H13BrClNO2/c1-12(11(16)17,15-8-3-4-8)9-5-2-7(13)6-10(9)14/h2,5-6,8,15H,3-4H2,1H3,(H,16,17). The van der Waals surface area contributed by atoms with Crippen molar-refractivity contribution in [3.63, 3.8) is 0 Å². The van der Waals surface area contributed by atoms with Gasteiger partial charge >= 0.3 is 5.97 Å². The number of aliphatic carboxylic acids is 1. The Morgan fingerprint density at radius 3 is 2.71 bits per heavy atom. The van der Waals surface area contributed by atoms with Crippen molar-refractivity contribution in [3.8, 4) is 0 Å². The number of hydrogen-bond acceptors (Lipinski definition) is 2. The number of benzene rings is 1. The highest BCUT2D eigenvalue weighted by Crippen LogP contribution is 2.34. The van der Waals surface area contributed by atoms with Crippen molar-refractivity contribution in [1.29, 1.82) is 0 Å². The highest BCUT2D eigenvalue weighted by Gasteiger charge is 2.41. The van der Waals surface area contributed by atoms with Gasteiger partial charge in [-0.2, -0.15) is 0 Å². The topological polar surface area (TPSA) is 49.3 Å². The molecule has 1 aromatic rings. The highest BCUT2D eigenvalue weighted by molar-refractivity contribution is 9.10. The van der Waals surface area contributed by atoms with E-state index in [0.717, 1.165) is 17.3 Å². The van der Waals surface area contributed by atoms with Gasteiger partial charge < -0.3 is 5.11 Å². The molecule has 0 heterocycles. The quantitative estimate of drug-likeness (QED) is 0.896. The fourth-order valence-electron chi connectivity index (χ4n) is 1.79. The average molecular weight is 319 g/mol. The van der Waals surface area contributed by atoms with Crippen LogP contribution in [0.2, 0.25) is 5.02 Å². The Hall–Kier alpha value is -0.580. The second-order valence-electron chi connectivity index (χ2n) is 4.47. The summed E-state index contributed by atoms with van der Waals surface area (Å²) in [5, 5.41) is 13.0. The molecule has 92 valence electrons. The van der Waals surface area contributed by atoms with E-state index in [4.69, 9.17) is 11.6 Å². The Labute approximate surface area is 113 Å². The monoisotopic (exact) mass is 317 g/mol. The molecule has 1 unspecified atom stereocenters. The van der Waals surface area contributed by atoms with Gasteiger partial charge in [-0.05, 0) is 31.9 Å². The first-order valence-electron chi connectivity index (χ1n) is 5.40. The number of halogens is 2. The second kappa shape index (κ2) is 4.59. The van der Waals surface area contributed by atoms with E-state index in [9.17, 15) is 9.90 Å². The number of carboxylic acids is 1. The molecule has 2 rings (SSSR count). The number of rotatable bonds is 4. The van der Waals surface area contributed by atoms with Crippen LogP contribution >= 0.6 is 27.5 Å². The summed E-state index contributed by atoms with van der Waals surface area (Å²) in [6.45, 7) is 1.66. The SMILES string of the molecule is CC(NC1CC1)(C(=O)O)c1ccc(Br)cc1Cl. The minimum atomic E-state index is -1.13. The molecule has 1 atom stereocenters. The average Bonchev–Trinajstić information content (AvgIpc) is 3.00. The van der Waals surface area contributed by atoms with Crippen LogP contribution in [0, 0.1) is 0 Å². The van der Waals surface area contributed by atoms with E-state index < -0.39 is 11.5 Å². The molecule has 1 aliphatic carbocycles. The molecule has 17 heavy (non-hydrogen) atoms. The molecular formula is C12H13BrClNO2. The van der Waals surface area contributed by atoms with E-state index in [0.29, 0.717) is 10.6 Å². The molecule has 0 saturated heterocycles. The predicted molar refractivity (Wildman–Crippen MR) is 70.3 cm³/mol. The van der Waals surface area contributed by atoms with Gasteiger partial charge in [0.2, 0.25) is 0 Å². The molecule has 1 aromatic carbocycles. The maximum Gasteiger partial charge on any atom is 0.328 e. The van der Waals surface area contributed by atoms with Gasteiger partial charge in [0.15, 0.2) is 0 Å². The van der Waals surface area contributed by atoms with E-state index in [2.05, 4.69) is 21.2 Å². The molecule has 0 spiro atoms. The number of hydrogen-bond donors (Lipinski definition) is 2. The molecule has 0 radical (unpaired) electrons. The smallest absolute Gasteiger partial charge is 0.328 e. The van der Waals surface area contributed by atoms with Crippen LogP contribution in [-0.4, -0.2) is 17.1 Å². The molecule has 2 N–H and O–H groups in total. The molecule has 0 aliphatic heterocycles. The van der Waals surface area contributed by atoms with Gasteiger partial charge in [0, 0.05) is 21.1 Å². The summed E-state index contributed by atoms with van der Waals surface area (Å²) in [5.41, 5.74) is -0.527. The zero-order valence-corrected chi connectivity index (χ0v) is 11.7. The summed E-state index contributed by atoms with van der Waals surface area (Å²) < 4.78 is 0.838. The van der Waals surface area contributed by atoms with Crippen LogP contribution in [0.3, 0.4) is 0 Å². The number of nitrogens with one attached hydrogen (secondary N) is 1. The fourth-order valence-corrected chi connectivity index (χ4v) is 2.65. The Kier molecular flexibility index (Phi) is 3.48. The van der Waals surface area contributed by atoms with Crippen LogP contribution in [0.1, 0.15) is 25.3 Å². The van der Waals surface area contributed by atoms with Crippen molar-refractivity contribution in [3.05, 3.63) is 33.3 Å².